The van der Waals surface area contributed by atoms with Crippen LogP contribution in [0.2, 0.25) is 0 Å². The molecule has 0 aliphatic rings. The Morgan fingerprint density at radius 2 is 1.95 bits per heavy atom. The summed E-state index contributed by atoms with van der Waals surface area (Å²) in [6, 6.07) is 7.76. The molecule has 114 valence electrons. The van der Waals surface area contributed by atoms with Gasteiger partial charge in [0.15, 0.2) is 0 Å². The number of nitrogens with zero attached hydrogens (tertiary/aromatic N) is 4. The van der Waals surface area contributed by atoms with Crippen LogP contribution in [-0.2, 0) is 5.54 Å². The number of tetrazole rings is 1. The molecule has 0 aliphatic carbocycles. The molecule has 0 saturated heterocycles. The van der Waals surface area contributed by atoms with E-state index in [9.17, 15) is 4.79 Å². The van der Waals surface area contributed by atoms with Crippen molar-refractivity contribution in [2.45, 2.75) is 43.3 Å². The van der Waals surface area contributed by atoms with Crippen LogP contribution in [0.25, 0.3) is 10.9 Å². The standard InChI is InChI=1S/C15H17N5OS/c1-9-10-7-5-6-8-11(10)16-13(21)12(9)22-14-17-18-19-20(14)15(2,3)4/h5-8H,1-4H3,(H,16,21). The van der Waals surface area contributed by atoms with Crippen molar-refractivity contribution in [3.8, 4) is 0 Å². The Morgan fingerprint density at radius 3 is 2.68 bits per heavy atom. The monoisotopic (exact) mass is 315 g/mol. The third-order valence-corrected chi connectivity index (χ3v) is 4.53. The maximum Gasteiger partial charge on any atom is 0.262 e. The van der Waals surface area contributed by atoms with Crippen molar-refractivity contribution in [2.24, 2.45) is 0 Å². The summed E-state index contributed by atoms with van der Waals surface area (Å²) in [5, 5.41) is 13.5. The van der Waals surface area contributed by atoms with Crippen molar-refractivity contribution < 1.29 is 0 Å². The molecule has 22 heavy (non-hydrogen) atoms. The molecule has 0 aliphatic heterocycles. The molecular weight excluding hydrogens is 298 g/mol. The van der Waals surface area contributed by atoms with Gasteiger partial charge >= 0.3 is 0 Å². The van der Waals surface area contributed by atoms with Crippen molar-refractivity contribution in [3.05, 3.63) is 40.2 Å². The first-order chi connectivity index (χ1) is 10.4. The third kappa shape index (κ3) is 2.52. The Hall–Kier alpha value is -2.15. The molecular formula is C15H17N5OS. The zero-order chi connectivity index (χ0) is 15.9. The number of para-hydroxylation sites is 1. The maximum absolute atomic E-state index is 12.4. The molecule has 0 bridgehead atoms. The van der Waals surface area contributed by atoms with Crippen molar-refractivity contribution in [3.63, 3.8) is 0 Å². The van der Waals surface area contributed by atoms with E-state index in [1.54, 1.807) is 4.68 Å². The first-order valence-electron chi connectivity index (χ1n) is 6.96. The smallest absolute Gasteiger partial charge is 0.262 e. The topological polar surface area (TPSA) is 76.5 Å². The van der Waals surface area contributed by atoms with Crippen LogP contribution in [0.4, 0.5) is 0 Å². The molecule has 7 heteroatoms. The Bertz CT molecular complexity index is 891. The van der Waals surface area contributed by atoms with E-state index in [2.05, 4.69) is 20.5 Å². The summed E-state index contributed by atoms with van der Waals surface area (Å²) in [6.45, 7) is 8.01. The van der Waals surface area contributed by atoms with E-state index >= 15 is 0 Å². The number of hydrogen-bond acceptors (Lipinski definition) is 5. The van der Waals surface area contributed by atoms with Gasteiger partial charge < -0.3 is 4.98 Å². The van der Waals surface area contributed by atoms with Crippen molar-refractivity contribution in [2.75, 3.05) is 0 Å². The number of benzene rings is 1. The summed E-state index contributed by atoms with van der Waals surface area (Å²) in [5.41, 5.74) is 1.41. The van der Waals surface area contributed by atoms with Crippen LogP contribution in [0, 0.1) is 6.92 Å². The van der Waals surface area contributed by atoms with Gasteiger partial charge in [0.1, 0.15) is 0 Å². The predicted molar refractivity (Wildman–Crippen MR) is 86.2 cm³/mol. The second-order valence-corrected chi connectivity index (χ2v) is 7.08. The molecule has 0 radical (unpaired) electrons. The quantitative estimate of drug-likeness (QED) is 0.787. The zero-order valence-corrected chi connectivity index (χ0v) is 13.7. The van der Waals surface area contributed by atoms with Crippen molar-refractivity contribution in [1.82, 2.24) is 25.2 Å². The molecule has 1 N–H and O–H groups in total. The van der Waals surface area contributed by atoms with E-state index in [-0.39, 0.29) is 11.1 Å². The van der Waals surface area contributed by atoms with E-state index < -0.39 is 0 Å². The molecule has 0 fully saturated rings. The number of fused-ring (bicyclic) bond motifs is 1. The van der Waals surface area contributed by atoms with Gasteiger partial charge in [0.25, 0.3) is 5.56 Å². The molecule has 2 heterocycles. The number of rotatable bonds is 2. The fourth-order valence-electron chi connectivity index (χ4n) is 2.27. The number of hydrogen-bond donors (Lipinski definition) is 1. The molecule has 0 saturated carbocycles. The maximum atomic E-state index is 12.4. The molecule has 2 aromatic heterocycles. The van der Waals surface area contributed by atoms with E-state index in [0.717, 1.165) is 16.5 Å². The fraction of sp³-hybridized carbons (Fsp3) is 0.333. The lowest BCUT2D eigenvalue weighted by Gasteiger charge is -2.19. The van der Waals surface area contributed by atoms with Crippen LogP contribution in [0.3, 0.4) is 0 Å². The first kappa shape index (κ1) is 14.8. The van der Waals surface area contributed by atoms with Gasteiger partial charge in [0.05, 0.1) is 10.4 Å². The Balaban J connectivity index is 2.13. The third-order valence-electron chi connectivity index (χ3n) is 3.40. The van der Waals surface area contributed by atoms with Gasteiger partial charge in [0, 0.05) is 10.9 Å². The van der Waals surface area contributed by atoms with E-state index in [1.165, 1.54) is 11.8 Å². The summed E-state index contributed by atoms with van der Waals surface area (Å²) < 4.78 is 1.73. The van der Waals surface area contributed by atoms with Crippen molar-refractivity contribution in [1.29, 1.82) is 0 Å². The van der Waals surface area contributed by atoms with E-state index in [0.29, 0.717) is 10.1 Å². The first-order valence-corrected chi connectivity index (χ1v) is 7.78. The van der Waals surface area contributed by atoms with Gasteiger partial charge in [-0.3, -0.25) is 4.79 Å². The number of H-pyrrole nitrogens is 1. The molecule has 0 unspecified atom stereocenters. The zero-order valence-electron chi connectivity index (χ0n) is 12.9. The summed E-state index contributed by atoms with van der Waals surface area (Å²) in [6.07, 6.45) is 0. The van der Waals surface area contributed by atoms with Gasteiger partial charge in [-0.15, -0.1) is 5.10 Å². The van der Waals surface area contributed by atoms with Crippen LogP contribution in [0.15, 0.2) is 39.1 Å². The highest BCUT2D eigenvalue weighted by Gasteiger charge is 2.22. The Kier molecular flexibility index (Phi) is 3.52. The van der Waals surface area contributed by atoms with Gasteiger partial charge in [-0.2, -0.15) is 0 Å². The van der Waals surface area contributed by atoms with Gasteiger partial charge in [-0.25, -0.2) is 4.68 Å². The number of nitrogens with one attached hydrogen (secondary N) is 1. The molecule has 0 atom stereocenters. The fourth-order valence-corrected chi connectivity index (χ4v) is 3.33. The molecule has 1 aromatic carbocycles. The van der Waals surface area contributed by atoms with E-state index in [1.807, 2.05) is 52.0 Å². The van der Waals surface area contributed by atoms with Crippen molar-refractivity contribution >= 4 is 22.7 Å². The normalized spacial score (nSPS) is 12.0. The molecule has 6 nitrogen and oxygen atoms in total. The van der Waals surface area contributed by atoms with Crippen LogP contribution in [0.1, 0.15) is 26.3 Å². The Morgan fingerprint density at radius 1 is 1.23 bits per heavy atom. The minimum Gasteiger partial charge on any atom is -0.321 e. The highest BCUT2D eigenvalue weighted by Crippen LogP contribution is 2.30. The summed E-state index contributed by atoms with van der Waals surface area (Å²) >= 11 is 1.30. The number of aryl methyl sites for hydroxylation is 1. The van der Waals surface area contributed by atoms with Crippen LogP contribution < -0.4 is 5.56 Å². The van der Waals surface area contributed by atoms with Crippen LogP contribution in [0.5, 0.6) is 0 Å². The van der Waals surface area contributed by atoms with Gasteiger partial charge in [0.2, 0.25) is 5.16 Å². The largest absolute Gasteiger partial charge is 0.321 e. The van der Waals surface area contributed by atoms with Gasteiger partial charge in [-0.05, 0) is 61.5 Å². The lowest BCUT2D eigenvalue weighted by atomic mass is 10.1. The Labute approximate surface area is 131 Å². The average molecular weight is 315 g/mol. The summed E-state index contributed by atoms with van der Waals surface area (Å²) in [5.74, 6) is 0. The summed E-state index contributed by atoms with van der Waals surface area (Å²) in [4.78, 5) is 15.9. The SMILES string of the molecule is Cc1c(Sc2nnnn2C(C)(C)C)c(=O)[nH]c2ccccc12. The minimum atomic E-state index is -0.247. The lowest BCUT2D eigenvalue weighted by molar-refractivity contribution is 0.321. The van der Waals surface area contributed by atoms with Crippen LogP contribution in [-0.4, -0.2) is 25.2 Å². The predicted octanol–water partition coefficient (Wildman–Crippen LogP) is 2.73. The number of aromatic amines is 1. The minimum absolute atomic E-state index is 0.121. The second-order valence-electron chi connectivity index (χ2n) is 6.10. The molecule has 3 aromatic rings. The molecule has 0 amide bonds. The van der Waals surface area contributed by atoms with Crippen LogP contribution >= 0.6 is 11.8 Å². The number of aromatic nitrogens is 5. The van der Waals surface area contributed by atoms with E-state index in [4.69, 9.17) is 0 Å². The second kappa shape index (κ2) is 5.24. The lowest BCUT2D eigenvalue weighted by Crippen LogP contribution is -2.24. The summed E-state index contributed by atoms with van der Waals surface area (Å²) in [7, 11) is 0. The van der Waals surface area contributed by atoms with Gasteiger partial charge in [-0.1, -0.05) is 18.2 Å². The highest BCUT2D eigenvalue weighted by atomic mass is 32.2. The highest BCUT2D eigenvalue weighted by molar-refractivity contribution is 7.99. The number of pyridine rings is 1. The average Bonchev–Trinajstić information content (AvgIpc) is 2.92. The molecule has 3 rings (SSSR count). The molecule has 0 spiro atoms.